The van der Waals surface area contributed by atoms with E-state index in [1.165, 1.54) is 13.0 Å². The summed E-state index contributed by atoms with van der Waals surface area (Å²) < 4.78 is 30.8. The number of halogens is 2. The van der Waals surface area contributed by atoms with Crippen molar-refractivity contribution in [2.75, 3.05) is 6.54 Å². The molecular formula is C11H9F2NO4. The first kappa shape index (κ1) is 12.3. The number of nitrogens with zero attached hydrogens (tertiary/aromatic N) is 1. The van der Waals surface area contributed by atoms with Gasteiger partial charge in [0.15, 0.2) is 17.2 Å². The Morgan fingerprint density at radius 3 is 2.61 bits per heavy atom. The smallest absolute Gasteiger partial charge is 0.420 e. The molecule has 1 saturated heterocycles. The van der Waals surface area contributed by atoms with Crippen LogP contribution >= 0.6 is 0 Å². The second kappa shape index (κ2) is 3.94. The molecule has 0 radical (unpaired) electrons. The van der Waals surface area contributed by atoms with E-state index in [0.717, 1.165) is 12.1 Å². The zero-order valence-corrected chi connectivity index (χ0v) is 9.31. The molecule has 0 aliphatic carbocycles. The Hall–Kier alpha value is -2.18. The predicted molar refractivity (Wildman–Crippen MR) is 54.9 cm³/mol. The Bertz CT molecular complexity index is 534. The summed E-state index contributed by atoms with van der Waals surface area (Å²) in [5.74, 6) is -2.11. The third-order valence-corrected chi connectivity index (χ3v) is 2.75. The van der Waals surface area contributed by atoms with Crippen LogP contribution in [0.15, 0.2) is 18.2 Å². The Kier molecular flexibility index (Phi) is 2.68. The Balaban J connectivity index is 2.36. The summed E-state index contributed by atoms with van der Waals surface area (Å²) in [6.45, 7) is 1.16. The zero-order chi connectivity index (χ0) is 13.5. The topological polar surface area (TPSA) is 66.8 Å². The SMILES string of the molecule is CC1(c2ccc(F)c(F)c2)CN(C(=O)O)C(=O)O1. The highest BCUT2D eigenvalue weighted by Gasteiger charge is 2.46. The van der Waals surface area contributed by atoms with Crippen LogP contribution in [0.3, 0.4) is 0 Å². The summed E-state index contributed by atoms with van der Waals surface area (Å²) in [6.07, 6.45) is -2.49. The van der Waals surface area contributed by atoms with Gasteiger partial charge in [0.2, 0.25) is 0 Å². The van der Waals surface area contributed by atoms with Crippen molar-refractivity contribution >= 4 is 12.2 Å². The first-order chi connectivity index (χ1) is 8.33. The minimum absolute atomic E-state index is 0.193. The fourth-order valence-corrected chi connectivity index (χ4v) is 1.77. The summed E-state index contributed by atoms with van der Waals surface area (Å²) in [5, 5.41) is 8.75. The molecule has 18 heavy (non-hydrogen) atoms. The van der Waals surface area contributed by atoms with Crippen molar-refractivity contribution in [3.05, 3.63) is 35.4 Å². The highest BCUT2D eigenvalue weighted by atomic mass is 19.2. The lowest BCUT2D eigenvalue weighted by molar-refractivity contribution is 0.0697. The second-order valence-corrected chi connectivity index (χ2v) is 4.10. The van der Waals surface area contributed by atoms with Crippen molar-refractivity contribution in [1.29, 1.82) is 0 Å². The highest BCUT2D eigenvalue weighted by molar-refractivity contribution is 5.88. The van der Waals surface area contributed by atoms with Gasteiger partial charge in [-0.1, -0.05) is 6.07 Å². The quantitative estimate of drug-likeness (QED) is 0.838. The molecule has 1 N–H and O–H groups in total. The third kappa shape index (κ3) is 1.87. The third-order valence-electron chi connectivity index (χ3n) is 2.75. The number of imide groups is 1. The molecule has 1 aliphatic heterocycles. The molecule has 2 rings (SSSR count). The van der Waals surface area contributed by atoms with Gasteiger partial charge in [-0.25, -0.2) is 23.3 Å². The number of benzene rings is 1. The van der Waals surface area contributed by atoms with Crippen molar-refractivity contribution in [3.8, 4) is 0 Å². The minimum Gasteiger partial charge on any atom is -0.465 e. The molecule has 96 valence electrons. The van der Waals surface area contributed by atoms with Gasteiger partial charge in [0, 0.05) is 5.56 Å². The van der Waals surface area contributed by atoms with Crippen LogP contribution < -0.4 is 0 Å². The molecule has 2 amide bonds. The number of ether oxygens (including phenoxy) is 1. The highest BCUT2D eigenvalue weighted by Crippen LogP contribution is 2.33. The largest absolute Gasteiger partial charge is 0.465 e. The van der Waals surface area contributed by atoms with Gasteiger partial charge in [-0.15, -0.1) is 0 Å². The van der Waals surface area contributed by atoms with Gasteiger partial charge in [0.25, 0.3) is 0 Å². The van der Waals surface area contributed by atoms with Crippen LogP contribution in [-0.2, 0) is 10.3 Å². The van der Waals surface area contributed by atoms with E-state index < -0.39 is 29.4 Å². The fraction of sp³-hybridized carbons (Fsp3) is 0.273. The Labute approximate surface area is 101 Å². The molecule has 7 heteroatoms. The molecule has 0 aromatic heterocycles. The molecule has 1 aromatic rings. The molecule has 1 atom stereocenters. The lowest BCUT2D eigenvalue weighted by atomic mass is 9.96. The molecule has 1 heterocycles. The van der Waals surface area contributed by atoms with E-state index in [2.05, 4.69) is 0 Å². The number of rotatable bonds is 1. The van der Waals surface area contributed by atoms with Crippen LogP contribution in [0.1, 0.15) is 12.5 Å². The average Bonchev–Trinajstić information content (AvgIpc) is 2.59. The van der Waals surface area contributed by atoms with Crippen molar-refractivity contribution < 1.29 is 28.2 Å². The summed E-state index contributed by atoms with van der Waals surface area (Å²) in [6, 6.07) is 3.03. The Morgan fingerprint density at radius 1 is 1.44 bits per heavy atom. The monoisotopic (exact) mass is 257 g/mol. The first-order valence-electron chi connectivity index (χ1n) is 5.02. The average molecular weight is 257 g/mol. The van der Waals surface area contributed by atoms with E-state index in [1.807, 2.05) is 0 Å². The number of carbonyl (C=O) groups is 2. The van der Waals surface area contributed by atoms with Crippen molar-refractivity contribution in [3.63, 3.8) is 0 Å². The van der Waals surface area contributed by atoms with Gasteiger partial charge in [-0.2, -0.15) is 0 Å². The maximum atomic E-state index is 13.1. The number of hydrogen-bond acceptors (Lipinski definition) is 3. The van der Waals surface area contributed by atoms with Gasteiger partial charge in [-0.05, 0) is 19.1 Å². The number of carbonyl (C=O) groups excluding carboxylic acids is 1. The summed E-state index contributed by atoms with van der Waals surface area (Å²) in [7, 11) is 0. The number of hydrogen-bond donors (Lipinski definition) is 1. The first-order valence-corrected chi connectivity index (χ1v) is 5.02. The Morgan fingerprint density at radius 2 is 2.11 bits per heavy atom. The number of carboxylic acid groups (broad SMARTS) is 1. The fourth-order valence-electron chi connectivity index (χ4n) is 1.77. The van der Waals surface area contributed by atoms with Gasteiger partial charge < -0.3 is 9.84 Å². The zero-order valence-electron chi connectivity index (χ0n) is 9.31. The number of amides is 2. The maximum Gasteiger partial charge on any atom is 0.420 e. The van der Waals surface area contributed by atoms with Crippen molar-refractivity contribution in [2.45, 2.75) is 12.5 Å². The maximum absolute atomic E-state index is 13.1. The minimum atomic E-state index is -1.45. The molecule has 1 fully saturated rings. The molecule has 5 nitrogen and oxygen atoms in total. The van der Waals surface area contributed by atoms with Crippen LogP contribution in [0.2, 0.25) is 0 Å². The predicted octanol–water partition coefficient (Wildman–Crippen LogP) is 2.31. The molecule has 1 aromatic carbocycles. The molecule has 1 aliphatic rings. The summed E-state index contributed by atoms with van der Waals surface area (Å²) in [4.78, 5) is 22.5. The lowest BCUT2D eigenvalue weighted by Crippen LogP contribution is -2.33. The van der Waals surface area contributed by atoms with Gasteiger partial charge in [0.05, 0.1) is 6.54 Å². The van der Waals surface area contributed by atoms with E-state index in [4.69, 9.17) is 9.84 Å². The van der Waals surface area contributed by atoms with E-state index in [1.54, 1.807) is 0 Å². The molecule has 1 unspecified atom stereocenters. The molecular weight excluding hydrogens is 248 g/mol. The van der Waals surface area contributed by atoms with E-state index >= 15 is 0 Å². The van der Waals surface area contributed by atoms with Crippen LogP contribution in [0, 0.1) is 11.6 Å². The van der Waals surface area contributed by atoms with E-state index in [9.17, 15) is 18.4 Å². The van der Waals surface area contributed by atoms with Crippen molar-refractivity contribution in [1.82, 2.24) is 4.90 Å². The number of cyclic esters (lactones) is 1. The lowest BCUT2D eigenvalue weighted by Gasteiger charge is -2.21. The van der Waals surface area contributed by atoms with Crippen LogP contribution in [0.5, 0.6) is 0 Å². The van der Waals surface area contributed by atoms with E-state index in [0.29, 0.717) is 4.90 Å². The van der Waals surface area contributed by atoms with Crippen LogP contribution in [0.4, 0.5) is 18.4 Å². The molecule has 0 bridgehead atoms. The second-order valence-electron chi connectivity index (χ2n) is 4.10. The molecule has 0 spiro atoms. The van der Waals surface area contributed by atoms with Crippen molar-refractivity contribution in [2.24, 2.45) is 0 Å². The normalized spacial score (nSPS) is 23.1. The van der Waals surface area contributed by atoms with Crippen LogP contribution in [0.25, 0.3) is 0 Å². The molecule has 0 saturated carbocycles. The van der Waals surface area contributed by atoms with Gasteiger partial charge in [-0.3, -0.25) is 0 Å². The summed E-state index contributed by atoms with van der Waals surface area (Å²) >= 11 is 0. The van der Waals surface area contributed by atoms with Crippen LogP contribution in [-0.4, -0.2) is 28.7 Å². The van der Waals surface area contributed by atoms with Gasteiger partial charge >= 0.3 is 12.2 Å². The summed E-state index contributed by atoms with van der Waals surface area (Å²) in [5.41, 5.74) is -1.12. The standard InChI is InChI=1S/C11H9F2NO4/c1-11(5-14(9(15)16)10(17)18-11)6-2-3-7(12)8(13)4-6/h2-4H,5H2,1H3,(H,15,16). The van der Waals surface area contributed by atoms with Gasteiger partial charge in [0.1, 0.15) is 0 Å². The van der Waals surface area contributed by atoms with E-state index in [-0.39, 0.29) is 12.1 Å².